The average Bonchev–Trinajstić information content (AvgIpc) is 3.11. The van der Waals surface area contributed by atoms with Gasteiger partial charge in [-0.1, -0.05) is 29.8 Å². The average molecular weight is 403 g/mol. The molecule has 0 aliphatic heterocycles. The first-order valence-corrected chi connectivity index (χ1v) is 9.05. The second-order valence-corrected chi connectivity index (χ2v) is 6.43. The largest absolute Gasteiger partial charge is 0.464 e. The Hall–Kier alpha value is -3.13. The van der Waals surface area contributed by atoms with E-state index in [1.807, 2.05) is 0 Å². The molecule has 0 fully saturated rings. The minimum atomic E-state index is -0.799. The minimum Gasteiger partial charge on any atom is -0.464 e. The molecule has 1 atom stereocenters. The maximum absolute atomic E-state index is 13.0. The molecule has 0 unspecified atom stereocenters. The van der Waals surface area contributed by atoms with E-state index in [1.165, 1.54) is 21.5 Å². The van der Waals surface area contributed by atoms with Gasteiger partial charge in [0.15, 0.2) is 11.2 Å². The van der Waals surface area contributed by atoms with Crippen LogP contribution in [0.1, 0.15) is 19.9 Å². The highest BCUT2D eigenvalue weighted by atomic mass is 35.5. The first-order chi connectivity index (χ1) is 13.4. The zero-order chi connectivity index (χ0) is 20.4. The molecule has 0 amide bonds. The predicted octanol–water partition coefficient (Wildman–Crippen LogP) is 2.31. The number of allylic oxidation sites excluding steroid dienone is 1. The minimum absolute atomic E-state index is 0.00295. The van der Waals surface area contributed by atoms with E-state index >= 15 is 0 Å². The van der Waals surface area contributed by atoms with Crippen molar-refractivity contribution < 1.29 is 9.53 Å². The van der Waals surface area contributed by atoms with Gasteiger partial charge in [0.1, 0.15) is 6.04 Å². The van der Waals surface area contributed by atoms with Crippen molar-refractivity contribution in [1.82, 2.24) is 18.7 Å². The molecule has 0 saturated heterocycles. The standard InChI is InChI=1S/C19H19ClN4O4/c1-4-10-22-17(25)15-16(21-11-23(15)12(3)18(26)28-5-2)24(19(22)27)14-9-7-6-8-13(14)20/h4,6-9,11-12H,1,5,10H2,2-3H3/t12-/m1/s1. The Morgan fingerprint density at radius 2 is 2.07 bits per heavy atom. The van der Waals surface area contributed by atoms with Crippen molar-refractivity contribution in [2.24, 2.45) is 0 Å². The molecular formula is C19H19ClN4O4. The van der Waals surface area contributed by atoms with Crippen molar-refractivity contribution in [1.29, 1.82) is 0 Å². The molecule has 0 radical (unpaired) electrons. The normalized spacial score (nSPS) is 12.1. The summed E-state index contributed by atoms with van der Waals surface area (Å²) in [5, 5.41) is 0.322. The van der Waals surface area contributed by atoms with E-state index in [2.05, 4.69) is 11.6 Å². The molecule has 0 N–H and O–H groups in total. The van der Waals surface area contributed by atoms with Gasteiger partial charge in [0.25, 0.3) is 5.56 Å². The number of para-hydroxylation sites is 1. The second kappa shape index (κ2) is 7.85. The molecule has 3 rings (SSSR count). The number of hydrogen-bond acceptors (Lipinski definition) is 5. The molecule has 0 spiro atoms. The third-order valence-electron chi connectivity index (χ3n) is 4.31. The summed E-state index contributed by atoms with van der Waals surface area (Å²) in [7, 11) is 0. The number of nitrogens with zero attached hydrogens (tertiary/aromatic N) is 4. The maximum Gasteiger partial charge on any atom is 0.337 e. The van der Waals surface area contributed by atoms with E-state index in [-0.39, 0.29) is 24.3 Å². The summed E-state index contributed by atoms with van der Waals surface area (Å²) >= 11 is 6.29. The van der Waals surface area contributed by atoms with Crippen LogP contribution in [0.25, 0.3) is 16.9 Å². The summed E-state index contributed by atoms with van der Waals surface area (Å²) in [6, 6.07) is 5.94. The van der Waals surface area contributed by atoms with E-state index in [9.17, 15) is 14.4 Å². The van der Waals surface area contributed by atoms with Crippen LogP contribution < -0.4 is 11.2 Å². The molecule has 9 heteroatoms. The van der Waals surface area contributed by atoms with Gasteiger partial charge in [-0.25, -0.2) is 19.1 Å². The fourth-order valence-electron chi connectivity index (χ4n) is 2.96. The monoisotopic (exact) mass is 402 g/mol. The summed E-state index contributed by atoms with van der Waals surface area (Å²) in [4.78, 5) is 42.5. The molecule has 0 saturated carbocycles. The van der Waals surface area contributed by atoms with Gasteiger partial charge in [0.2, 0.25) is 0 Å². The van der Waals surface area contributed by atoms with Crippen molar-refractivity contribution in [3.8, 4) is 5.69 Å². The summed E-state index contributed by atoms with van der Waals surface area (Å²) in [5.41, 5.74) is -0.580. The molecule has 28 heavy (non-hydrogen) atoms. The van der Waals surface area contributed by atoms with Crippen molar-refractivity contribution in [2.45, 2.75) is 26.4 Å². The Labute approximate surface area is 165 Å². The van der Waals surface area contributed by atoms with E-state index in [0.29, 0.717) is 10.7 Å². The fourth-order valence-corrected chi connectivity index (χ4v) is 3.18. The Bertz CT molecular complexity index is 1170. The van der Waals surface area contributed by atoms with E-state index in [1.54, 1.807) is 38.1 Å². The number of benzene rings is 1. The lowest BCUT2D eigenvalue weighted by molar-refractivity contribution is -0.146. The number of ether oxygens (including phenoxy) is 1. The smallest absolute Gasteiger partial charge is 0.337 e. The lowest BCUT2D eigenvalue weighted by atomic mass is 10.3. The summed E-state index contributed by atoms with van der Waals surface area (Å²) in [5.74, 6) is -0.507. The van der Waals surface area contributed by atoms with Gasteiger partial charge in [0, 0.05) is 6.54 Å². The van der Waals surface area contributed by atoms with Gasteiger partial charge in [-0.15, -0.1) is 6.58 Å². The van der Waals surface area contributed by atoms with Crippen LogP contribution in [0.5, 0.6) is 0 Å². The van der Waals surface area contributed by atoms with Crippen LogP contribution in [0, 0.1) is 0 Å². The number of esters is 1. The van der Waals surface area contributed by atoms with Crippen molar-refractivity contribution in [3.05, 3.63) is 69.1 Å². The zero-order valence-electron chi connectivity index (χ0n) is 15.5. The van der Waals surface area contributed by atoms with Crippen LogP contribution in [0.15, 0.2) is 52.8 Å². The molecule has 0 aliphatic rings. The van der Waals surface area contributed by atoms with Crippen LogP contribution >= 0.6 is 11.6 Å². The summed E-state index contributed by atoms with van der Waals surface area (Å²) < 4.78 is 8.74. The number of hydrogen-bond donors (Lipinski definition) is 0. The highest BCUT2D eigenvalue weighted by Crippen LogP contribution is 2.22. The molecular weight excluding hydrogens is 384 g/mol. The fraction of sp³-hybridized carbons (Fsp3) is 0.263. The topological polar surface area (TPSA) is 88.1 Å². The third-order valence-corrected chi connectivity index (χ3v) is 4.63. The Balaban J connectivity index is 2.41. The number of fused-ring (bicyclic) bond motifs is 1. The molecule has 2 aromatic heterocycles. The molecule has 0 aliphatic carbocycles. The summed E-state index contributed by atoms with van der Waals surface area (Å²) in [6.45, 7) is 7.11. The lowest BCUT2D eigenvalue weighted by Crippen LogP contribution is -2.40. The zero-order valence-corrected chi connectivity index (χ0v) is 16.2. The second-order valence-electron chi connectivity index (χ2n) is 6.03. The van der Waals surface area contributed by atoms with Gasteiger partial charge >= 0.3 is 11.7 Å². The number of carbonyl (C=O) groups excluding carboxylic acids is 1. The number of carbonyl (C=O) groups is 1. The predicted molar refractivity (Wildman–Crippen MR) is 106 cm³/mol. The highest BCUT2D eigenvalue weighted by Gasteiger charge is 2.25. The molecule has 146 valence electrons. The number of halogens is 1. The highest BCUT2D eigenvalue weighted by molar-refractivity contribution is 6.32. The van der Waals surface area contributed by atoms with Gasteiger partial charge in [0.05, 0.1) is 23.6 Å². The molecule has 1 aromatic carbocycles. The van der Waals surface area contributed by atoms with Crippen molar-refractivity contribution in [3.63, 3.8) is 0 Å². The van der Waals surface area contributed by atoms with Gasteiger partial charge in [-0.3, -0.25) is 9.36 Å². The lowest BCUT2D eigenvalue weighted by Gasteiger charge is -2.15. The van der Waals surface area contributed by atoms with Gasteiger partial charge < -0.3 is 9.30 Å². The van der Waals surface area contributed by atoms with Crippen LogP contribution in [-0.2, 0) is 16.1 Å². The Morgan fingerprint density at radius 1 is 1.36 bits per heavy atom. The molecule has 8 nitrogen and oxygen atoms in total. The Morgan fingerprint density at radius 3 is 2.71 bits per heavy atom. The first-order valence-electron chi connectivity index (χ1n) is 8.67. The molecule has 2 heterocycles. The number of aromatic nitrogens is 4. The van der Waals surface area contributed by atoms with Gasteiger partial charge in [-0.2, -0.15) is 0 Å². The molecule has 3 aromatic rings. The van der Waals surface area contributed by atoms with Crippen LogP contribution in [0.4, 0.5) is 0 Å². The van der Waals surface area contributed by atoms with Crippen molar-refractivity contribution in [2.75, 3.05) is 6.61 Å². The Kier molecular flexibility index (Phi) is 5.51. The maximum atomic E-state index is 13.0. The van der Waals surface area contributed by atoms with Crippen molar-refractivity contribution >= 4 is 28.7 Å². The first kappa shape index (κ1) is 19.6. The quantitative estimate of drug-likeness (QED) is 0.466. The van der Waals surface area contributed by atoms with E-state index in [4.69, 9.17) is 16.3 Å². The van der Waals surface area contributed by atoms with Crippen LogP contribution in [0.3, 0.4) is 0 Å². The number of rotatable bonds is 6. The number of imidazole rings is 1. The van der Waals surface area contributed by atoms with E-state index < -0.39 is 23.3 Å². The van der Waals surface area contributed by atoms with E-state index in [0.717, 1.165) is 4.57 Å². The molecule has 0 bridgehead atoms. The van der Waals surface area contributed by atoms with Crippen LogP contribution in [0.2, 0.25) is 5.02 Å². The summed E-state index contributed by atoms with van der Waals surface area (Å²) in [6.07, 6.45) is 2.79. The van der Waals surface area contributed by atoms with Gasteiger partial charge in [-0.05, 0) is 26.0 Å². The SMILES string of the molecule is C=CCn1c(=O)c2c(ncn2[C@H](C)C(=O)OCC)n(-c2ccccc2Cl)c1=O. The third kappa shape index (κ3) is 3.16. The van der Waals surface area contributed by atoms with Crippen LogP contribution in [-0.4, -0.2) is 31.3 Å².